The zero-order chi connectivity index (χ0) is 15.3. The summed E-state index contributed by atoms with van der Waals surface area (Å²) in [6.45, 7) is 3.57. The van der Waals surface area contributed by atoms with Crippen molar-refractivity contribution in [3.63, 3.8) is 0 Å². The topological polar surface area (TPSA) is 93.3 Å². The lowest BCUT2D eigenvalue weighted by Crippen LogP contribution is -2.48. The van der Waals surface area contributed by atoms with Crippen molar-refractivity contribution in [1.29, 1.82) is 0 Å². The Morgan fingerprint density at radius 2 is 2.10 bits per heavy atom. The van der Waals surface area contributed by atoms with Gasteiger partial charge in [0.2, 0.25) is 5.91 Å². The molecule has 1 heterocycles. The standard InChI is InChI=1S/C13H21N3O4/c1-4-13(2,6-8-17)14-10(18)9-16-7-5-11(19)15(3)12(16)20/h5,7,17H,4,6,8-9H2,1-3H3,(H,14,18). The van der Waals surface area contributed by atoms with Crippen molar-refractivity contribution in [2.24, 2.45) is 7.05 Å². The van der Waals surface area contributed by atoms with E-state index in [9.17, 15) is 14.4 Å². The minimum absolute atomic E-state index is 0.0234. The van der Waals surface area contributed by atoms with Crippen LogP contribution in [0.3, 0.4) is 0 Å². The number of aromatic nitrogens is 2. The first-order chi connectivity index (χ1) is 9.33. The molecule has 2 N–H and O–H groups in total. The van der Waals surface area contributed by atoms with Gasteiger partial charge in [0.1, 0.15) is 6.54 Å². The summed E-state index contributed by atoms with van der Waals surface area (Å²) >= 11 is 0. The molecule has 112 valence electrons. The maximum atomic E-state index is 12.0. The highest BCUT2D eigenvalue weighted by Crippen LogP contribution is 2.13. The molecule has 0 aliphatic carbocycles. The molecule has 1 unspecified atom stereocenters. The molecule has 0 saturated heterocycles. The van der Waals surface area contributed by atoms with Gasteiger partial charge in [-0.25, -0.2) is 4.79 Å². The molecule has 0 radical (unpaired) electrons. The van der Waals surface area contributed by atoms with Gasteiger partial charge in [-0.05, 0) is 19.8 Å². The van der Waals surface area contributed by atoms with Gasteiger partial charge in [-0.15, -0.1) is 0 Å². The fourth-order valence-corrected chi connectivity index (χ4v) is 1.84. The van der Waals surface area contributed by atoms with Crippen LogP contribution >= 0.6 is 0 Å². The second-order valence-electron chi connectivity index (χ2n) is 5.06. The summed E-state index contributed by atoms with van der Waals surface area (Å²) in [5.74, 6) is -0.330. The van der Waals surface area contributed by atoms with E-state index in [2.05, 4.69) is 5.32 Å². The van der Waals surface area contributed by atoms with Crippen molar-refractivity contribution >= 4 is 5.91 Å². The van der Waals surface area contributed by atoms with E-state index in [1.807, 2.05) is 13.8 Å². The van der Waals surface area contributed by atoms with E-state index in [1.54, 1.807) is 0 Å². The first kappa shape index (κ1) is 16.2. The Morgan fingerprint density at radius 3 is 2.65 bits per heavy atom. The van der Waals surface area contributed by atoms with Crippen molar-refractivity contribution in [2.45, 2.75) is 38.8 Å². The zero-order valence-electron chi connectivity index (χ0n) is 12.0. The van der Waals surface area contributed by atoms with Gasteiger partial charge in [-0.3, -0.25) is 18.7 Å². The largest absolute Gasteiger partial charge is 0.396 e. The van der Waals surface area contributed by atoms with Gasteiger partial charge in [0, 0.05) is 31.5 Å². The molecule has 0 spiro atoms. The number of aliphatic hydroxyl groups excluding tert-OH is 1. The van der Waals surface area contributed by atoms with Crippen LogP contribution in [-0.2, 0) is 18.4 Å². The van der Waals surface area contributed by atoms with Gasteiger partial charge < -0.3 is 10.4 Å². The molecule has 0 fully saturated rings. The van der Waals surface area contributed by atoms with Crippen LogP contribution in [0.15, 0.2) is 21.9 Å². The Bertz CT molecular complexity index is 590. The summed E-state index contributed by atoms with van der Waals surface area (Å²) in [5.41, 5.74) is -1.45. The molecule has 20 heavy (non-hydrogen) atoms. The summed E-state index contributed by atoms with van der Waals surface area (Å²) < 4.78 is 2.12. The van der Waals surface area contributed by atoms with Crippen LogP contribution in [0.1, 0.15) is 26.7 Å². The van der Waals surface area contributed by atoms with Crippen LogP contribution in [-0.4, -0.2) is 32.3 Å². The number of rotatable bonds is 6. The first-order valence-electron chi connectivity index (χ1n) is 6.51. The monoisotopic (exact) mass is 283 g/mol. The number of carbonyl (C=O) groups is 1. The lowest BCUT2D eigenvalue weighted by molar-refractivity contribution is -0.123. The quantitative estimate of drug-likeness (QED) is 0.716. The molecule has 0 aromatic carbocycles. The van der Waals surface area contributed by atoms with Gasteiger partial charge >= 0.3 is 5.69 Å². The second-order valence-corrected chi connectivity index (χ2v) is 5.06. The molecule has 0 aliphatic heterocycles. The lowest BCUT2D eigenvalue weighted by Gasteiger charge is -2.29. The highest BCUT2D eigenvalue weighted by molar-refractivity contribution is 5.76. The third-order valence-corrected chi connectivity index (χ3v) is 3.46. The summed E-state index contributed by atoms with van der Waals surface area (Å²) in [4.78, 5) is 35.0. The van der Waals surface area contributed by atoms with E-state index in [0.29, 0.717) is 12.8 Å². The maximum absolute atomic E-state index is 12.0. The second kappa shape index (κ2) is 6.51. The Hall–Kier alpha value is -1.89. The minimum atomic E-state index is -0.534. The van der Waals surface area contributed by atoms with Crippen LogP contribution in [0.2, 0.25) is 0 Å². The Morgan fingerprint density at radius 1 is 1.45 bits per heavy atom. The van der Waals surface area contributed by atoms with E-state index in [1.165, 1.54) is 23.9 Å². The molecule has 1 aromatic rings. The number of nitrogens with zero attached hydrogens (tertiary/aromatic N) is 2. The van der Waals surface area contributed by atoms with Crippen molar-refractivity contribution in [2.75, 3.05) is 6.61 Å². The van der Waals surface area contributed by atoms with Crippen LogP contribution < -0.4 is 16.6 Å². The SMILES string of the molecule is CCC(C)(CCO)NC(=O)Cn1ccc(=O)n(C)c1=O. The van der Waals surface area contributed by atoms with E-state index >= 15 is 0 Å². The molecule has 1 amide bonds. The molecular formula is C13H21N3O4. The molecule has 7 nitrogen and oxygen atoms in total. The molecule has 1 atom stereocenters. The highest BCUT2D eigenvalue weighted by atomic mass is 16.3. The molecule has 1 aromatic heterocycles. The van der Waals surface area contributed by atoms with Crippen molar-refractivity contribution in [1.82, 2.24) is 14.5 Å². The zero-order valence-corrected chi connectivity index (χ0v) is 12.0. The summed E-state index contributed by atoms with van der Waals surface area (Å²) in [7, 11) is 1.36. The number of hydrogen-bond acceptors (Lipinski definition) is 4. The Kier molecular flexibility index (Phi) is 5.26. The number of nitrogens with one attached hydrogen (secondary N) is 1. The van der Waals surface area contributed by atoms with Crippen molar-refractivity contribution < 1.29 is 9.90 Å². The maximum Gasteiger partial charge on any atom is 0.331 e. The van der Waals surface area contributed by atoms with Gasteiger partial charge in [0.15, 0.2) is 0 Å². The number of aliphatic hydroxyl groups is 1. The fraction of sp³-hybridized carbons (Fsp3) is 0.615. The molecule has 1 rings (SSSR count). The summed E-state index contributed by atoms with van der Waals surface area (Å²) in [6.07, 6.45) is 2.42. The number of carbonyl (C=O) groups excluding carboxylic acids is 1. The average Bonchev–Trinajstić information content (AvgIpc) is 2.39. The van der Waals surface area contributed by atoms with Crippen LogP contribution in [0.5, 0.6) is 0 Å². The van der Waals surface area contributed by atoms with Crippen LogP contribution in [0.25, 0.3) is 0 Å². The molecule has 7 heteroatoms. The van der Waals surface area contributed by atoms with Gasteiger partial charge in [-0.2, -0.15) is 0 Å². The Labute approximate surface area is 116 Å². The molecule has 0 bridgehead atoms. The van der Waals surface area contributed by atoms with Crippen LogP contribution in [0.4, 0.5) is 0 Å². The summed E-state index contributed by atoms with van der Waals surface area (Å²) in [5, 5.41) is 11.8. The van der Waals surface area contributed by atoms with E-state index in [4.69, 9.17) is 5.11 Å². The van der Waals surface area contributed by atoms with Gasteiger partial charge in [0.05, 0.1) is 0 Å². The molecule has 0 saturated carbocycles. The minimum Gasteiger partial charge on any atom is -0.396 e. The van der Waals surface area contributed by atoms with Crippen LogP contribution in [0, 0.1) is 0 Å². The Balaban J connectivity index is 2.84. The summed E-state index contributed by atoms with van der Waals surface area (Å²) in [6, 6.07) is 1.24. The van der Waals surface area contributed by atoms with E-state index in [-0.39, 0.29) is 19.1 Å². The number of amides is 1. The number of hydrogen-bond donors (Lipinski definition) is 2. The highest BCUT2D eigenvalue weighted by Gasteiger charge is 2.23. The third-order valence-electron chi connectivity index (χ3n) is 3.46. The molecular weight excluding hydrogens is 262 g/mol. The predicted octanol–water partition coefficient (Wildman–Crippen LogP) is -0.786. The van der Waals surface area contributed by atoms with E-state index < -0.39 is 16.8 Å². The van der Waals surface area contributed by atoms with Gasteiger partial charge in [-0.1, -0.05) is 6.92 Å². The molecule has 0 aliphatic rings. The third kappa shape index (κ3) is 3.80. The van der Waals surface area contributed by atoms with Crippen molar-refractivity contribution in [3.8, 4) is 0 Å². The van der Waals surface area contributed by atoms with Gasteiger partial charge in [0.25, 0.3) is 5.56 Å². The lowest BCUT2D eigenvalue weighted by atomic mass is 9.95. The van der Waals surface area contributed by atoms with Crippen molar-refractivity contribution in [3.05, 3.63) is 33.1 Å². The van der Waals surface area contributed by atoms with E-state index in [0.717, 1.165) is 4.57 Å². The first-order valence-corrected chi connectivity index (χ1v) is 6.51. The smallest absolute Gasteiger partial charge is 0.331 e. The normalized spacial score (nSPS) is 13.8. The predicted molar refractivity (Wildman–Crippen MR) is 74.5 cm³/mol. The average molecular weight is 283 g/mol. The fourth-order valence-electron chi connectivity index (χ4n) is 1.84.